The van der Waals surface area contributed by atoms with Crippen molar-refractivity contribution in [2.24, 2.45) is 11.7 Å². The number of amides is 1. The molecule has 1 heterocycles. The fraction of sp³-hybridized carbons (Fsp3) is 0.562. The van der Waals surface area contributed by atoms with Crippen LogP contribution in [-0.4, -0.2) is 29.9 Å². The number of aryl methyl sites for hydroxylation is 1. The van der Waals surface area contributed by atoms with Gasteiger partial charge in [0.15, 0.2) is 0 Å². The third-order valence-electron chi connectivity index (χ3n) is 4.63. The topological polar surface area (TPSA) is 46.3 Å². The van der Waals surface area contributed by atoms with Gasteiger partial charge in [-0.1, -0.05) is 24.3 Å². The maximum Gasteiger partial charge on any atom is 0.226 e. The van der Waals surface area contributed by atoms with E-state index in [-0.39, 0.29) is 12.0 Å². The highest BCUT2D eigenvalue weighted by atomic mass is 16.2. The van der Waals surface area contributed by atoms with E-state index in [1.807, 2.05) is 4.90 Å². The van der Waals surface area contributed by atoms with Crippen molar-refractivity contribution in [2.45, 2.75) is 38.1 Å². The third kappa shape index (κ3) is 2.27. The SMILES string of the molecule is Cc1ccccc1[C@@H]1C[C@H]1C(=O)N1CCC[C@@H]1CN. The molecule has 1 aliphatic carbocycles. The summed E-state index contributed by atoms with van der Waals surface area (Å²) < 4.78 is 0. The first-order chi connectivity index (χ1) is 9.22. The van der Waals surface area contributed by atoms with Crippen LogP contribution in [0.5, 0.6) is 0 Å². The Labute approximate surface area is 114 Å². The van der Waals surface area contributed by atoms with Crippen LogP contribution in [0.15, 0.2) is 24.3 Å². The first-order valence-electron chi connectivity index (χ1n) is 7.28. The maximum atomic E-state index is 12.5. The zero-order chi connectivity index (χ0) is 13.4. The number of nitrogens with zero attached hydrogens (tertiary/aromatic N) is 1. The van der Waals surface area contributed by atoms with Crippen LogP contribution < -0.4 is 5.73 Å². The molecule has 3 nitrogen and oxygen atoms in total. The number of hydrogen-bond donors (Lipinski definition) is 1. The smallest absolute Gasteiger partial charge is 0.226 e. The normalized spacial score (nSPS) is 29.6. The Morgan fingerprint density at radius 1 is 1.42 bits per heavy atom. The van der Waals surface area contributed by atoms with Gasteiger partial charge in [0, 0.05) is 25.0 Å². The van der Waals surface area contributed by atoms with Crippen LogP contribution in [-0.2, 0) is 4.79 Å². The Kier molecular flexibility index (Phi) is 3.31. The zero-order valence-corrected chi connectivity index (χ0v) is 11.5. The molecule has 3 rings (SSSR count). The molecule has 1 aromatic rings. The number of benzene rings is 1. The van der Waals surface area contributed by atoms with Gasteiger partial charge in [0.05, 0.1) is 0 Å². The predicted octanol–water partition coefficient (Wildman–Crippen LogP) is 2.05. The molecule has 2 aliphatic rings. The first-order valence-corrected chi connectivity index (χ1v) is 7.28. The van der Waals surface area contributed by atoms with Gasteiger partial charge in [0.1, 0.15) is 0 Å². The van der Waals surface area contributed by atoms with Crippen molar-refractivity contribution in [3.05, 3.63) is 35.4 Å². The van der Waals surface area contributed by atoms with Crippen molar-refractivity contribution in [3.8, 4) is 0 Å². The van der Waals surface area contributed by atoms with E-state index in [0.717, 1.165) is 25.8 Å². The molecule has 19 heavy (non-hydrogen) atoms. The van der Waals surface area contributed by atoms with E-state index in [4.69, 9.17) is 5.73 Å². The van der Waals surface area contributed by atoms with Gasteiger partial charge in [0.2, 0.25) is 5.91 Å². The molecule has 0 spiro atoms. The van der Waals surface area contributed by atoms with Gasteiger partial charge < -0.3 is 10.6 Å². The summed E-state index contributed by atoms with van der Waals surface area (Å²) in [7, 11) is 0. The van der Waals surface area contributed by atoms with Gasteiger partial charge in [-0.3, -0.25) is 4.79 Å². The molecule has 3 atom stereocenters. The summed E-state index contributed by atoms with van der Waals surface area (Å²) in [5.74, 6) is 0.974. The highest BCUT2D eigenvalue weighted by molar-refractivity contribution is 5.83. The molecule has 1 aliphatic heterocycles. The van der Waals surface area contributed by atoms with Crippen molar-refractivity contribution in [1.82, 2.24) is 4.90 Å². The van der Waals surface area contributed by atoms with Crippen LogP contribution >= 0.6 is 0 Å². The second kappa shape index (κ2) is 4.97. The number of carbonyl (C=O) groups excluding carboxylic acids is 1. The predicted molar refractivity (Wildman–Crippen MR) is 75.8 cm³/mol. The van der Waals surface area contributed by atoms with E-state index in [1.165, 1.54) is 11.1 Å². The summed E-state index contributed by atoms with van der Waals surface area (Å²) >= 11 is 0. The largest absolute Gasteiger partial charge is 0.338 e. The average Bonchev–Trinajstić information content (AvgIpc) is 3.07. The van der Waals surface area contributed by atoms with Gasteiger partial charge >= 0.3 is 0 Å². The Morgan fingerprint density at radius 3 is 2.95 bits per heavy atom. The van der Waals surface area contributed by atoms with Crippen LogP contribution in [0.1, 0.15) is 36.3 Å². The van der Waals surface area contributed by atoms with Gasteiger partial charge in [-0.15, -0.1) is 0 Å². The molecule has 0 bridgehead atoms. The zero-order valence-electron chi connectivity index (χ0n) is 11.5. The Bertz CT molecular complexity index is 485. The number of nitrogens with two attached hydrogens (primary N) is 1. The summed E-state index contributed by atoms with van der Waals surface area (Å²) in [5, 5.41) is 0. The third-order valence-corrected chi connectivity index (χ3v) is 4.63. The highest BCUT2D eigenvalue weighted by Gasteiger charge is 2.47. The first kappa shape index (κ1) is 12.7. The quantitative estimate of drug-likeness (QED) is 0.902. The van der Waals surface area contributed by atoms with Crippen LogP contribution in [0.2, 0.25) is 0 Å². The van der Waals surface area contributed by atoms with Gasteiger partial charge in [-0.2, -0.15) is 0 Å². The minimum absolute atomic E-state index is 0.202. The van der Waals surface area contributed by atoms with Gasteiger partial charge in [-0.05, 0) is 43.2 Å². The second-order valence-corrected chi connectivity index (χ2v) is 5.87. The van der Waals surface area contributed by atoms with Crippen molar-refractivity contribution in [3.63, 3.8) is 0 Å². The van der Waals surface area contributed by atoms with E-state index < -0.39 is 0 Å². The summed E-state index contributed by atoms with van der Waals surface area (Å²) in [6, 6.07) is 8.71. The lowest BCUT2D eigenvalue weighted by molar-refractivity contribution is -0.133. The molecule has 102 valence electrons. The number of rotatable bonds is 3. The highest BCUT2D eigenvalue weighted by Crippen LogP contribution is 2.49. The minimum Gasteiger partial charge on any atom is -0.338 e. The fourth-order valence-electron chi connectivity index (χ4n) is 3.40. The maximum absolute atomic E-state index is 12.5. The minimum atomic E-state index is 0.202. The standard InChI is InChI=1S/C16H22N2O/c1-11-5-2-3-7-13(11)14-9-15(14)16(19)18-8-4-6-12(18)10-17/h2-3,5,7,12,14-15H,4,6,8-10,17H2,1H3/t12-,14+,15-/m1/s1. The van der Waals surface area contributed by atoms with E-state index in [2.05, 4.69) is 31.2 Å². The van der Waals surface area contributed by atoms with Crippen LogP contribution in [0.4, 0.5) is 0 Å². The summed E-state index contributed by atoms with van der Waals surface area (Å²) in [6.45, 7) is 3.64. The molecule has 2 fully saturated rings. The lowest BCUT2D eigenvalue weighted by Crippen LogP contribution is -2.40. The molecular weight excluding hydrogens is 236 g/mol. The van der Waals surface area contributed by atoms with E-state index in [0.29, 0.717) is 18.4 Å². The molecule has 0 radical (unpaired) electrons. The monoisotopic (exact) mass is 258 g/mol. The molecule has 2 N–H and O–H groups in total. The van der Waals surface area contributed by atoms with E-state index in [9.17, 15) is 4.79 Å². The molecule has 3 heteroatoms. The molecule has 0 unspecified atom stereocenters. The average molecular weight is 258 g/mol. The lowest BCUT2D eigenvalue weighted by Gasteiger charge is -2.23. The second-order valence-electron chi connectivity index (χ2n) is 5.87. The van der Waals surface area contributed by atoms with Crippen molar-refractivity contribution in [2.75, 3.05) is 13.1 Å². The van der Waals surface area contributed by atoms with Crippen molar-refractivity contribution in [1.29, 1.82) is 0 Å². The molecule has 0 aromatic heterocycles. The molecular formula is C16H22N2O. The number of hydrogen-bond acceptors (Lipinski definition) is 2. The van der Waals surface area contributed by atoms with Crippen molar-refractivity contribution < 1.29 is 4.79 Å². The van der Waals surface area contributed by atoms with E-state index >= 15 is 0 Å². The van der Waals surface area contributed by atoms with Crippen LogP contribution in [0.3, 0.4) is 0 Å². The van der Waals surface area contributed by atoms with Crippen LogP contribution in [0.25, 0.3) is 0 Å². The fourth-order valence-corrected chi connectivity index (χ4v) is 3.40. The Balaban J connectivity index is 1.70. The molecule has 1 saturated heterocycles. The molecule has 1 aromatic carbocycles. The van der Waals surface area contributed by atoms with Gasteiger partial charge in [-0.25, -0.2) is 0 Å². The van der Waals surface area contributed by atoms with E-state index in [1.54, 1.807) is 0 Å². The summed E-state index contributed by atoms with van der Waals surface area (Å²) in [4.78, 5) is 14.6. The number of likely N-dealkylation sites (tertiary alicyclic amines) is 1. The van der Waals surface area contributed by atoms with Gasteiger partial charge in [0.25, 0.3) is 0 Å². The molecule has 1 saturated carbocycles. The summed E-state index contributed by atoms with van der Waals surface area (Å²) in [5.41, 5.74) is 8.41. The lowest BCUT2D eigenvalue weighted by atomic mass is 10.0. The molecule has 1 amide bonds. The number of carbonyl (C=O) groups is 1. The Morgan fingerprint density at radius 2 is 2.21 bits per heavy atom. The summed E-state index contributed by atoms with van der Waals surface area (Å²) in [6.07, 6.45) is 3.19. The van der Waals surface area contributed by atoms with Crippen molar-refractivity contribution >= 4 is 5.91 Å². The Hall–Kier alpha value is -1.35. The van der Waals surface area contributed by atoms with Crippen LogP contribution in [0, 0.1) is 12.8 Å².